The van der Waals surface area contributed by atoms with Crippen molar-refractivity contribution in [2.45, 2.75) is 6.92 Å². The van der Waals surface area contributed by atoms with Crippen LogP contribution in [0.4, 0.5) is 15.8 Å². The highest BCUT2D eigenvalue weighted by molar-refractivity contribution is 7.19. The number of hydrogen-bond acceptors (Lipinski definition) is 8. The van der Waals surface area contributed by atoms with Gasteiger partial charge in [0, 0.05) is 18.0 Å². The van der Waals surface area contributed by atoms with Gasteiger partial charge in [0.2, 0.25) is 10.1 Å². The first-order chi connectivity index (χ1) is 11.7. The second-order valence-electron chi connectivity index (χ2n) is 4.73. The highest BCUT2D eigenvalue weighted by atomic mass is 32.1. The molecule has 0 aliphatic carbocycles. The largest absolute Gasteiger partial charge is 0.491 e. The van der Waals surface area contributed by atoms with Crippen LogP contribution >= 0.6 is 11.3 Å². The summed E-state index contributed by atoms with van der Waals surface area (Å²) in [5.41, 5.74) is 5.24. The first kappa shape index (κ1) is 15.8. The Morgan fingerprint density at radius 3 is 2.58 bits per heavy atom. The van der Waals surface area contributed by atoms with E-state index < -0.39 is 0 Å². The molecule has 0 aliphatic rings. The van der Waals surface area contributed by atoms with Crippen LogP contribution in [0.25, 0.3) is 0 Å². The molecule has 120 valence electrons. The van der Waals surface area contributed by atoms with Crippen LogP contribution in [-0.2, 0) is 0 Å². The van der Waals surface area contributed by atoms with Crippen molar-refractivity contribution in [3.63, 3.8) is 0 Å². The van der Waals surface area contributed by atoms with E-state index in [1.54, 1.807) is 12.4 Å². The molecule has 0 unspecified atom stereocenters. The maximum Gasteiger partial charge on any atom is 0.253 e. The van der Waals surface area contributed by atoms with Gasteiger partial charge >= 0.3 is 0 Å². The molecular weight excluding hydrogens is 324 g/mol. The number of benzene rings is 1. The van der Waals surface area contributed by atoms with Gasteiger partial charge in [0.25, 0.3) is 5.88 Å². The van der Waals surface area contributed by atoms with Gasteiger partial charge in [0.05, 0.1) is 11.4 Å². The fraction of sp³-hybridized carbons (Fsp3) is 0.0625. The summed E-state index contributed by atoms with van der Waals surface area (Å²) in [5.74, 6) is -0.182. The molecule has 0 aliphatic heterocycles. The van der Waals surface area contributed by atoms with Crippen LogP contribution in [0.3, 0.4) is 0 Å². The number of aromatic hydroxyl groups is 1. The minimum absolute atomic E-state index is 0.182. The Bertz CT molecular complexity index is 861. The lowest BCUT2D eigenvalue weighted by molar-refractivity contribution is 0.459. The van der Waals surface area contributed by atoms with Gasteiger partial charge in [0.1, 0.15) is 0 Å². The first-order valence-electron chi connectivity index (χ1n) is 7.09. The van der Waals surface area contributed by atoms with Gasteiger partial charge in [-0.2, -0.15) is 10.1 Å². The number of rotatable bonds is 5. The molecule has 3 aromatic rings. The molecule has 0 saturated heterocycles. The molecule has 0 fully saturated rings. The van der Waals surface area contributed by atoms with Crippen molar-refractivity contribution in [2.75, 3.05) is 5.43 Å². The van der Waals surface area contributed by atoms with Crippen molar-refractivity contribution in [3.8, 4) is 5.88 Å². The Kier molecular flexibility index (Phi) is 4.87. The highest BCUT2D eigenvalue weighted by Crippen LogP contribution is 2.37. The second kappa shape index (κ2) is 7.42. The molecule has 24 heavy (non-hydrogen) atoms. The van der Waals surface area contributed by atoms with Crippen molar-refractivity contribution in [1.29, 1.82) is 0 Å². The van der Waals surface area contributed by atoms with Gasteiger partial charge in [-0.3, -0.25) is 10.4 Å². The number of pyridine rings is 1. The Morgan fingerprint density at radius 1 is 1.08 bits per heavy atom. The molecule has 7 nitrogen and oxygen atoms in total. The third-order valence-electron chi connectivity index (χ3n) is 3.02. The van der Waals surface area contributed by atoms with E-state index in [2.05, 4.69) is 30.7 Å². The smallest absolute Gasteiger partial charge is 0.253 e. The summed E-state index contributed by atoms with van der Waals surface area (Å²) in [6.07, 6.45) is 3.40. The van der Waals surface area contributed by atoms with E-state index in [-0.39, 0.29) is 5.88 Å². The molecule has 2 aromatic heterocycles. The van der Waals surface area contributed by atoms with E-state index in [9.17, 15) is 5.11 Å². The maximum absolute atomic E-state index is 9.84. The molecule has 2 heterocycles. The van der Waals surface area contributed by atoms with Crippen molar-refractivity contribution in [2.24, 2.45) is 15.3 Å². The Balaban J connectivity index is 1.71. The third-order valence-corrected chi connectivity index (χ3v) is 3.86. The van der Waals surface area contributed by atoms with Crippen LogP contribution < -0.4 is 5.43 Å². The number of nitrogens with zero attached hydrogens (tertiary/aromatic N) is 5. The van der Waals surface area contributed by atoms with Crippen LogP contribution in [-0.4, -0.2) is 20.8 Å². The highest BCUT2D eigenvalue weighted by Gasteiger charge is 2.09. The lowest BCUT2D eigenvalue weighted by Crippen LogP contribution is -1.99. The number of nitrogens with one attached hydrogen (secondary N) is 1. The second-order valence-corrected chi connectivity index (χ2v) is 5.71. The quantitative estimate of drug-likeness (QED) is 0.407. The van der Waals surface area contributed by atoms with Gasteiger partial charge in [-0.15, -0.1) is 10.2 Å². The number of thiazole rings is 1. The van der Waals surface area contributed by atoms with E-state index in [1.807, 2.05) is 49.4 Å². The Labute approximate surface area is 142 Å². The zero-order valence-electron chi connectivity index (χ0n) is 12.8. The van der Waals surface area contributed by atoms with E-state index in [4.69, 9.17) is 0 Å². The molecule has 0 radical (unpaired) electrons. The van der Waals surface area contributed by atoms with E-state index in [0.29, 0.717) is 15.8 Å². The van der Waals surface area contributed by atoms with E-state index in [1.165, 1.54) is 0 Å². The third kappa shape index (κ3) is 3.99. The molecular formula is C16H14N6OS. The molecule has 2 N–H and O–H groups in total. The molecule has 0 bridgehead atoms. The zero-order chi connectivity index (χ0) is 16.8. The predicted octanol–water partition coefficient (Wildman–Crippen LogP) is 4.50. The fourth-order valence-electron chi connectivity index (χ4n) is 1.80. The summed E-state index contributed by atoms with van der Waals surface area (Å²) in [7, 11) is 0. The summed E-state index contributed by atoms with van der Waals surface area (Å²) < 4.78 is 0. The minimum Gasteiger partial charge on any atom is -0.491 e. The summed E-state index contributed by atoms with van der Waals surface area (Å²) in [5, 5.41) is 22.9. The zero-order valence-corrected chi connectivity index (χ0v) is 13.6. The molecule has 1 aromatic carbocycles. The number of hydrazone groups is 1. The van der Waals surface area contributed by atoms with Crippen molar-refractivity contribution >= 4 is 32.9 Å². The standard InChI is InChI=1S/C16H14N6OS/c1-11(12-7-9-17-10-8-12)19-22-16-18-14(23)15(24-16)21-20-13-5-3-2-4-6-13/h2-10,23H,1H3,(H,18,22)/b19-11+,21-20?. The maximum atomic E-state index is 9.84. The summed E-state index contributed by atoms with van der Waals surface area (Å²) in [6, 6.07) is 13.0. The first-order valence-corrected chi connectivity index (χ1v) is 7.91. The fourth-order valence-corrected chi connectivity index (χ4v) is 2.43. The van der Waals surface area contributed by atoms with Crippen LogP contribution in [0, 0.1) is 0 Å². The number of hydrogen-bond donors (Lipinski definition) is 2. The van der Waals surface area contributed by atoms with Gasteiger partial charge in [-0.25, -0.2) is 0 Å². The predicted molar refractivity (Wildman–Crippen MR) is 94.5 cm³/mol. The Morgan fingerprint density at radius 2 is 1.83 bits per heavy atom. The SMILES string of the molecule is C/C(=N\Nc1nc(O)c(N=Nc2ccccc2)s1)c1ccncc1. The van der Waals surface area contributed by atoms with E-state index in [0.717, 1.165) is 22.6 Å². The lowest BCUT2D eigenvalue weighted by atomic mass is 10.2. The monoisotopic (exact) mass is 338 g/mol. The normalized spacial score (nSPS) is 11.8. The Hall–Kier alpha value is -3.13. The van der Waals surface area contributed by atoms with Crippen LogP contribution in [0.15, 0.2) is 70.2 Å². The molecule has 0 saturated carbocycles. The number of azo groups is 1. The topological polar surface area (TPSA) is 95.1 Å². The van der Waals surface area contributed by atoms with Gasteiger partial charge in [-0.05, 0) is 31.2 Å². The van der Waals surface area contributed by atoms with Crippen molar-refractivity contribution in [3.05, 3.63) is 60.4 Å². The average Bonchev–Trinajstić information content (AvgIpc) is 2.99. The average molecular weight is 338 g/mol. The molecule has 0 amide bonds. The number of anilines is 1. The summed E-state index contributed by atoms with van der Waals surface area (Å²) in [6.45, 7) is 1.87. The molecule has 8 heteroatoms. The van der Waals surface area contributed by atoms with Crippen LogP contribution in [0.5, 0.6) is 5.88 Å². The lowest BCUT2D eigenvalue weighted by Gasteiger charge is -1.99. The molecule has 0 atom stereocenters. The van der Waals surface area contributed by atoms with Gasteiger partial charge < -0.3 is 5.11 Å². The summed E-state index contributed by atoms with van der Waals surface area (Å²) in [4.78, 5) is 7.94. The molecule has 3 rings (SSSR count). The van der Waals surface area contributed by atoms with E-state index >= 15 is 0 Å². The minimum atomic E-state index is -0.182. The van der Waals surface area contributed by atoms with Crippen LogP contribution in [0.2, 0.25) is 0 Å². The van der Waals surface area contributed by atoms with Crippen LogP contribution in [0.1, 0.15) is 12.5 Å². The van der Waals surface area contributed by atoms with Gasteiger partial charge in [0.15, 0.2) is 0 Å². The van der Waals surface area contributed by atoms with Gasteiger partial charge in [-0.1, -0.05) is 29.5 Å². The van der Waals surface area contributed by atoms with Crippen molar-refractivity contribution in [1.82, 2.24) is 9.97 Å². The molecule has 0 spiro atoms. The summed E-state index contributed by atoms with van der Waals surface area (Å²) >= 11 is 1.16. The number of aromatic nitrogens is 2. The van der Waals surface area contributed by atoms with Crippen molar-refractivity contribution < 1.29 is 5.11 Å².